The van der Waals surface area contributed by atoms with E-state index in [4.69, 9.17) is 15.2 Å². The minimum Gasteiger partial charge on any atom is -0.493 e. The molecule has 3 nitrogen and oxygen atoms in total. The van der Waals surface area contributed by atoms with Crippen LogP contribution in [0.15, 0.2) is 46.9 Å². The van der Waals surface area contributed by atoms with Gasteiger partial charge in [0.25, 0.3) is 0 Å². The van der Waals surface area contributed by atoms with Gasteiger partial charge in [-0.3, -0.25) is 0 Å². The lowest BCUT2D eigenvalue weighted by atomic mass is 10.1. The van der Waals surface area contributed by atoms with Crippen molar-refractivity contribution < 1.29 is 9.47 Å². The zero-order valence-electron chi connectivity index (χ0n) is 12.1. The highest BCUT2D eigenvalue weighted by Crippen LogP contribution is 2.36. The molecule has 0 spiro atoms. The first kappa shape index (κ1) is 15.9. The molecule has 0 fully saturated rings. The maximum atomic E-state index is 5.87. The lowest BCUT2D eigenvalue weighted by Crippen LogP contribution is -2.03. The number of methoxy groups -OCH3 is 1. The van der Waals surface area contributed by atoms with E-state index in [0.29, 0.717) is 18.9 Å². The lowest BCUT2D eigenvalue weighted by Gasteiger charge is -2.14. The van der Waals surface area contributed by atoms with E-state index in [0.717, 1.165) is 28.6 Å². The summed E-state index contributed by atoms with van der Waals surface area (Å²) in [7, 11) is 1.64. The van der Waals surface area contributed by atoms with Crippen molar-refractivity contribution in [1.29, 1.82) is 0 Å². The molecule has 2 N–H and O–H groups in total. The minimum atomic E-state index is 0.475. The standard InChI is InChI=1S/C17H20BrNO2/c1-20-16-11-14(12-19)10-15(18)17(16)21-9-5-8-13-6-3-2-4-7-13/h2-4,6-7,10-11H,5,8-9,12,19H2,1H3. The Kier molecular flexibility index (Phi) is 6.08. The molecular formula is C17H20BrNO2. The van der Waals surface area contributed by atoms with Crippen LogP contribution in [0.25, 0.3) is 0 Å². The van der Waals surface area contributed by atoms with E-state index in [1.165, 1.54) is 5.56 Å². The van der Waals surface area contributed by atoms with Gasteiger partial charge in [0.1, 0.15) is 0 Å². The SMILES string of the molecule is COc1cc(CN)cc(Br)c1OCCCc1ccccc1. The molecule has 2 aromatic rings. The molecule has 112 valence electrons. The molecule has 0 radical (unpaired) electrons. The number of aryl methyl sites for hydroxylation is 1. The van der Waals surface area contributed by atoms with Crippen LogP contribution in [-0.2, 0) is 13.0 Å². The monoisotopic (exact) mass is 349 g/mol. The van der Waals surface area contributed by atoms with Gasteiger partial charge in [-0.1, -0.05) is 30.3 Å². The summed E-state index contributed by atoms with van der Waals surface area (Å²) in [6.45, 7) is 1.12. The first-order valence-corrected chi connectivity index (χ1v) is 7.77. The number of benzene rings is 2. The molecule has 0 aliphatic heterocycles. The number of rotatable bonds is 7. The van der Waals surface area contributed by atoms with E-state index >= 15 is 0 Å². The van der Waals surface area contributed by atoms with Gasteiger partial charge in [0.2, 0.25) is 0 Å². The average molecular weight is 350 g/mol. The fraction of sp³-hybridized carbons (Fsp3) is 0.294. The third kappa shape index (κ3) is 4.48. The molecule has 2 aromatic carbocycles. The normalized spacial score (nSPS) is 10.4. The molecule has 0 unspecified atom stereocenters. The van der Waals surface area contributed by atoms with Crippen LogP contribution >= 0.6 is 15.9 Å². The molecule has 21 heavy (non-hydrogen) atoms. The zero-order chi connectivity index (χ0) is 15.1. The highest BCUT2D eigenvalue weighted by Gasteiger charge is 2.11. The second kappa shape index (κ2) is 8.05. The van der Waals surface area contributed by atoms with E-state index in [1.54, 1.807) is 7.11 Å². The molecule has 0 heterocycles. The molecule has 0 aliphatic carbocycles. The smallest absolute Gasteiger partial charge is 0.175 e. The predicted octanol–water partition coefficient (Wildman–Crippen LogP) is 3.93. The van der Waals surface area contributed by atoms with Crippen molar-refractivity contribution in [3.63, 3.8) is 0 Å². The van der Waals surface area contributed by atoms with Crippen molar-refractivity contribution >= 4 is 15.9 Å². The fourth-order valence-electron chi connectivity index (χ4n) is 2.13. The largest absolute Gasteiger partial charge is 0.493 e. The second-order valence-electron chi connectivity index (χ2n) is 4.75. The third-order valence-corrected chi connectivity index (χ3v) is 3.81. The van der Waals surface area contributed by atoms with Gasteiger partial charge in [0.15, 0.2) is 11.5 Å². The first-order chi connectivity index (χ1) is 10.2. The lowest BCUT2D eigenvalue weighted by molar-refractivity contribution is 0.287. The van der Waals surface area contributed by atoms with Crippen molar-refractivity contribution in [3.8, 4) is 11.5 Å². The number of ether oxygens (including phenoxy) is 2. The Bertz CT molecular complexity index is 573. The van der Waals surface area contributed by atoms with Crippen LogP contribution in [0, 0.1) is 0 Å². The Hall–Kier alpha value is -1.52. The Morgan fingerprint density at radius 2 is 1.86 bits per heavy atom. The van der Waals surface area contributed by atoms with Gasteiger partial charge in [-0.2, -0.15) is 0 Å². The summed E-state index contributed by atoms with van der Waals surface area (Å²) in [5, 5.41) is 0. The van der Waals surface area contributed by atoms with Crippen molar-refractivity contribution in [2.24, 2.45) is 5.73 Å². The summed E-state index contributed by atoms with van der Waals surface area (Å²) < 4.78 is 12.1. The highest BCUT2D eigenvalue weighted by atomic mass is 79.9. The van der Waals surface area contributed by atoms with Crippen LogP contribution in [0.3, 0.4) is 0 Å². The summed E-state index contributed by atoms with van der Waals surface area (Å²) in [6, 6.07) is 14.3. The van der Waals surface area contributed by atoms with Gasteiger partial charge in [-0.25, -0.2) is 0 Å². The van der Waals surface area contributed by atoms with Gasteiger partial charge < -0.3 is 15.2 Å². The third-order valence-electron chi connectivity index (χ3n) is 3.22. The first-order valence-electron chi connectivity index (χ1n) is 6.97. The van der Waals surface area contributed by atoms with Gasteiger partial charge in [-0.15, -0.1) is 0 Å². The molecule has 0 aromatic heterocycles. The van der Waals surface area contributed by atoms with Crippen LogP contribution in [0.4, 0.5) is 0 Å². The van der Waals surface area contributed by atoms with Crippen molar-refractivity contribution in [1.82, 2.24) is 0 Å². The van der Waals surface area contributed by atoms with Crippen LogP contribution < -0.4 is 15.2 Å². The van der Waals surface area contributed by atoms with Crippen LogP contribution in [0.5, 0.6) is 11.5 Å². The Labute approximate surface area is 134 Å². The molecule has 0 saturated carbocycles. The fourth-order valence-corrected chi connectivity index (χ4v) is 2.73. The van der Waals surface area contributed by atoms with E-state index in [-0.39, 0.29) is 0 Å². The van der Waals surface area contributed by atoms with Gasteiger partial charge in [0.05, 0.1) is 18.2 Å². The second-order valence-corrected chi connectivity index (χ2v) is 5.61. The zero-order valence-corrected chi connectivity index (χ0v) is 13.7. The Morgan fingerprint density at radius 3 is 2.52 bits per heavy atom. The van der Waals surface area contributed by atoms with E-state index in [9.17, 15) is 0 Å². The average Bonchev–Trinajstić information content (AvgIpc) is 2.53. The molecule has 0 amide bonds. The molecule has 0 atom stereocenters. The van der Waals surface area contributed by atoms with Crippen molar-refractivity contribution in [2.75, 3.05) is 13.7 Å². The van der Waals surface area contributed by atoms with Gasteiger partial charge in [-0.05, 0) is 52.0 Å². The van der Waals surface area contributed by atoms with Gasteiger partial charge in [0, 0.05) is 6.54 Å². The van der Waals surface area contributed by atoms with Crippen molar-refractivity contribution in [3.05, 3.63) is 58.1 Å². The van der Waals surface area contributed by atoms with Crippen LogP contribution in [0.1, 0.15) is 17.5 Å². The summed E-state index contributed by atoms with van der Waals surface area (Å²) >= 11 is 3.52. The Morgan fingerprint density at radius 1 is 1.10 bits per heavy atom. The quantitative estimate of drug-likeness (QED) is 0.770. The number of hydrogen-bond donors (Lipinski definition) is 1. The molecular weight excluding hydrogens is 330 g/mol. The van der Waals surface area contributed by atoms with Crippen molar-refractivity contribution in [2.45, 2.75) is 19.4 Å². The topological polar surface area (TPSA) is 44.5 Å². The number of hydrogen-bond acceptors (Lipinski definition) is 3. The van der Waals surface area contributed by atoms with E-state index in [2.05, 4.69) is 40.2 Å². The van der Waals surface area contributed by atoms with E-state index in [1.807, 2.05) is 18.2 Å². The van der Waals surface area contributed by atoms with Crippen LogP contribution in [0.2, 0.25) is 0 Å². The van der Waals surface area contributed by atoms with Crippen LogP contribution in [-0.4, -0.2) is 13.7 Å². The highest BCUT2D eigenvalue weighted by molar-refractivity contribution is 9.10. The number of halogens is 1. The number of nitrogens with two attached hydrogens (primary N) is 1. The maximum Gasteiger partial charge on any atom is 0.175 e. The maximum absolute atomic E-state index is 5.87. The summed E-state index contributed by atoms with van der Waals surface area (Å²) in [6.07, 6.45) is 1.96. The molecule has 4 heteroatoms. The summed E-state index contributed by atoms with van der Waals surface area (Å²) in [5.74, 6) is 1.45. The van der Waals surface area contributed by atoms with Gasteiger partial charge >= 0.3 is 0 Å². The predicted molar refractivity (Wildman–Crippen MR) is 88.8 cm³/mol. The summed E-state index contributed by atoms with van der Waals surface area (Å²) in [4.78, 5) is 0. The summed E-state index contributed by atoms with van der Waals surface area (Å²) in [5.41, 5.74) is 8.00. The molecule has 2 rings (SSSR count). The minimum absolute atomic E-state index is 0.475. The molecule has 0 saturated heterocycles. The Balaban J connectivity index is 1.93. The molecule has 0 aliphatic rings. The molecule has 0 bridgehead atoms. The van der Waals surface area contributed by atoms with E-state index < -0.39 is 0 Å².